The van der Waals surface area contributed by atoms with E-state index in [4.69, 9.17) is 5.11 Å². The highest BCUT2D eigenvalue weighted by molar-refractivity contribution is 4.73. The first-order chi connectivity index (χ1) is 12.3. The Balaban J connectivity index is 1.82. The summed E-state index contributed by atoms with van der Waals surface area (Å²) < 4.78 is 0. The summed E-state index contributed by atoms with van der Waals surface area (Å²) in [6.07, 6.45) is 16.3. The first kappa shape index (κ1) is 22.9. The molecule has 1 atom stereocenters. The van der Waals surface area contributed by atoms with E-state index in [2.05, 4.69) is 16.7 Å². The molecule has 0 bridgehead atoms. The summed E-state index contributed by atoms with van der Waals surface area (Å²) in [5.74, 6) is 0. The lowest BCUT2D eigenvalue weighted by Gasteiger charge is -2.35. The minimum Gasteiger partial charge on any atom is -0.394 e. The van der Waals surface area contributed by atoms with Crippen LogP contribution in [0.2, 0.25) is 0 Å². The van der Waals surface area contributed by atoms with E-state index in [-0.39, 0.29) is 6.61 Å². The average Bonchev–Trinajstić information content (AvgIpc) is 2.64. The Morgan fingerprint density at radius 3 is 1.60 bits per heavy atom. The van der Waals surface area contributed by atoms with Gasteiger partial charge in [0, 0.05) is 32.7 Å². The van der Waals surface area contributed by atoms with Crippen molar-refractivity contribution in [3.63, 3.8) is 0 Å². The molecule has 0 aromatic carbocycles. The van der Waals surface area contributed by atoms with Crippen molar-refractivity contribution < 1.29 is 10.2 Å². The molecule has 1 saturated heterocycles. The topological polar surface area (TPSA) is 46.9 Å². The lowest BCUT2D eigenvalue weighted by atomic mass is 10.1. The summed E-state index contributed by atoms with van der Waals surface area (Å²) in [4.78, 5) is 4.82. The molecule has 4 nitrogen and oxygen atoms in total. The van der Waals surface area contributed by atoms with E-state index in [0.29, 0.717) is 6.54 Å². The third-order valence-corrected chi connectivity index (χ3v) is 5.47. The number of rotatable bonds is 16. The molecule has 150 valence electrons. The zero-order chi connectivity index (χ0) is 18.2. The van der Waals surface area contributed by atoms with Crippen LogP contribution < -0.4 is 0 Å². The van der Waals surface area contributed by atoms with Gasteiger partial charge in [0.25, 0.3) is 0 Å². The van der Waals surface area contributed by atoms with Gasteiger partial charge in [-0.05, 0) is 13.0 Å². The Morgan fingerprint density at radius 1 is 0.680 bits per heavy atom. The molecule has 0 amide bonds. The molecule has 4 heteroatoms. The molecule has 0 aliphatic carbocycles. The lowest BCUT2D eigenvalue weighted by Crippen LogP contribution is -2.49. The van der Waals surface area contributed by atoms with Crippen LogP contribution in [0.5, 0.6) is 0 Å². The highest BCUT2D eigenvalue weighted by Crippen LogP contribution is 2.12. The Bertz CT molecular complexity index is 281. The molecule has 1 unspecified atom stereocenters. The molecule has 0 aromatic rings. The zero-order valence-corrected chi connectivity index (χ0v) is 16.8. The summed E-state index contributed by atoms with van der Waals surface area (Å²) in [6, 6.07) is 0. The Morgan fingerprint density at radius 2 is 1.12 bits per heavy atom. The van der Waals surface area contributed by atoms with Crippen LogP contribution in [0.3, 0.4) is 0 Å². The van der Waals surface area contributed by atoms with E-state index < -0.39 is 6.10 Å². The fourth-order valence-electron chi connectivity index (χ4n) is 3.73. The van der Waals surface area contributed by atoms with Crippen molar-refractivity contribution in [3.8, 4) is 0 Å². The van der Waals surface area contributed by atoms with E-state index >= 15 is 0 Å². The SMILES string of the molecule is CCCCCCCCCCCCCCN1CCN(CC(O)CO)CC1. The van der Waals surface area contributed by atoms with Crippen molar-refractivity contribution in [2.45, 2.75) is 90.1 Å². The lowest BCUT2D eigenvalue weighted by molar-refractivity contribution is 0.0393. The number of piperazine rings is 1. The number of aliphatic hydroxyl groups excluding tert-OH is 2. The van der Waals surface area contributed by atoms with E-state index in [9.17, 15) is 5.11 Å². The second kappa shape index (κ2) is 16.0. The van der Waals surface area contributed by atoms with Crippen LogP contribution in [0.25, 0.3) is 0 Å². The summed E-state index contributed by atoms with van der Waals surface area (Å²) in [7, 11) is 0. The van der Waals surface area contributed by atoms with Gasteiger partial charge in [0.05, 0.1) is 12.7 Å². The molecular formula is C21H44N2O2. The van der Waals surface area contributed by atoms with Gasteiger partial charge in [-0.3, -0.25) is 4.90 Å². The summed E-state index contributed by atoms with van der Waals surface area (Å²) in [6.45, 7) is 8.26. The predicted octanol–water partition coefficient (Wildman–Crippen LogP) is 3.66. The second-order valence-corrected chi connectivity index (χ2v) is 7.87. The third-order valence-electron chi connectivity index (χ3n) is 5.47. The first-order valence-electron chi connectivity index (χ1n) is 11.0. The number of aliphatic hydroxyl groups is 2. The van der Waals surface area contributed by atoms with E-state index in [1.165, 1.54) is 83.6 Å². The van der Waals surface area contributed by atoms with Crippen LogP contribution in [0.15, 0.2) is 0 Å². The second-order valence-electron chi connectivity index (χ2n) is 7.87. The van der Waals surface area contributed by atoms with Gasteiger partial charge in [-0.25, -0.2) is 0 Å². The van der Waals surface area contributed by atoms with Crippen LogP contribution in [0.4, 0.5) is 0 Å². The van der Waals surface area contributed by atoms with Gasteiger partial charge in [0.1, 0.15) is 0 Å². The van der Waals surface area contributed by atoms with Gasteiger partial charge in [0.15, 0.2) is 0 Å². The number of β-amino-alcohol motifs (C(OH)–C–C–N with tert-alkyl or cyclic N) is 1. The molecule has 0 aromatic heterocycles. The van der Waals surface area contributed by atoms with Crippen LogP contribution in [-0.2, 0) is 0 Å². The monoisotopic (exact) mass is 356 g/mol. The van der Waals surface area contributed by atoms with Crippen molar-refractivity contribution in [1.82, 2.24) is 9.80 Å². The fourth-order valence-corrected chi connectivity index (χ4v) is 3.73. The van der Waals surface area contributed by atoms with Gasteiger partial charge in [-0.2, -0.15) is 0 Å². The number of nitrogens with zero attached hydrogens (tertiary/aromatic N) is 2. The standard InChI is InChI=1S/C21H44N2O2/c1-2-3-4-5-6-7-8-9-10-11-12-13-14-22-15-17-23(18-16-22)19-21(25)20-24/h21,24-25H,2-20H2,1H3. The number of unbranched alkanes of at least 4 members (excludes halogenated alkanes) is 11. The Hall–Kier alpha value is -0.160. The normalized spacial score (nSPS) is 17.9. The van der Waals surface area contributed by atoms with Gasteiger partial charge in [0.2, 0.25) is 0 Å². The van der Waals surface area contributed by atoms with Crippen molar-refractivity contribution in [2.75, 3.05) is 45.9 Å². The van der Waals surface area contributed by atoms with Gasteiger partial charge in [-0.15, -0.1) is 0 Å². The predicted molar refractivity (Wildman–Crippen MR) is 107 cm³/mol. The van der Waals surface area contributed by atoms with E-state index in [1.807, 2.05) is 0 Å². The molecular weight excluding hydrogens is 312 g/mol. The van der Waals surface area contributed by atoms with Crippen molar-refractivity contribution in [2.24, 2.45) is 0 Å². The van der Waals surface area contributed by atoms with Gasteiger partial charge in [-0.1, -0.05) is 77.6 Å². The highest BCUT2D eigenvalue weighted by atomic mass is 16.3. The zero-order valence-electron chi connectivity index (χ0n) is 16.8. The number of hydrogen-bond acceptors (Lipinski definition) is 4. The molecule has 1 rings (SSSR count). The molecule has 1 aliphatic rings. The molecule has 1 fully saturated rings. The summed E-state index contributed by atoms with van der Waals surface area (Å²) in [5, 5.41) is 18.4. The quantitative estimate of drug-likeness (QED) is 0.414. The van der Waals surface area contributed by atoms with E-state index in [0.717, 1.165) is 26.2 Å². The highest BCUT2D eigenvalue weighted by Gasteiger charge is 2.18. The maximum absolute atomic E-state index is 9.50. The minimum absolute atomic E-state index is 0.126. The van der Waals surface area contributed by atoms with Crippen molar-refractivity contribution >= 4 is 0 Å². The Labute approximate surface area is 156 Å². The van der Waals surface area contributed by atoms with Crippen LogP contribution in [-0.4, -0.2) is 72.0 Å². The van der Waals surface area contributed by atoms with Gasteiger partial charge >= 0.3 is 0 Å². The maximum atomic E-state index is 9.50. The smallest absolute Gasteiger partial charge is 0.0897 e. The summed E-state index contributed by atoms with van der Waals surface area (Å²) in [5.41, 5.74) is 0. The largest absolute Gasteiger partial charge is 0.394 e. The average molecular weight is 357 g/mol. The maximum Gasteiger partial charge on any atom is 0.0897 e. The van der Waals surface area contributed by atoms with Crippen molar-refractivity contribution in [3.05, 3.63) is 0 Å². The molecule has 0 radical (unpaired) electrons. The first-order valence-corrected chi connectivity index (χ1v) is 11.0. The minimum atomic E-state index is -0.581. The van der Waals surface area contributed by atoms with Crippen molar-refractivity contribution in [1.29, 1.82) is 0 Å². The molecule has 25 heavy (non-hydrogen) atoms. The van der Waals surface area contributed by atoms with Crippen LogP contribution >= 0.6 is 0 Å². The third kappa shape index (κ3) is 12.8. The molecule has 2 N–H and O–H groups in total. The van der Waals surface area contributed by atoms with Gasteiger partial charge < -0.3 is 15.1 Å². The Kier molecular flexibility index (Phi) is 14.7. The van der Waals surface area contributed by atoms with Crippen LogP contribution in [0.1, 0.15) is 84.0 Å². The molecule has 0 saturated carbocycles. The molecule has 0 spiro atoms. The van der Waals surface area contributed by atoms with E-state index in [1.54, 1.807) is 0 Å². The molecule has 1 heterocycles. The van der Waals surface area contributed by atoms with Crippen LogP contribution in [0, 0.1) is 0 Å². The summed E-state index contributed by atoms with van der Waals surface area (Å²) >= 11 is 0. The molecule has 1 aliphatic heterocycles. The number of hydrogen-bond donors (Lipinski definition) is 2. The fraction of sp³-hybridized carbons (Fsp3) is 1.00.